The summed E-state index contributed by atoms with van der Waals surface area (Å²) in [5.41, 5.74) is 5.75. The van der Waals surface area contributed by atoms with Gasteiger partial charge in [0.05, 0.1) is 0 Å². The molecule has 0 amide bonds. The number of Topliss-reactive ketones (excluding diaryl/α,β-unsaturated/α-hetero) is 1. The molecule has 10 heavy (non-hydrogen) atoms. The molecule has 2 unspecified atom stereocenters. The molecule has 1 saturated heterocycles. The van der Waals surface area contributed by atoms with E-state index in [0.717, 1.165) is 11.5 Å². The highest BCUT2D eigenvalue weighted by Crippen LogP contribution is 2.25. The third-order valence-corrected chi connectivity index (χ3v) is 3.08. The fraction of sp³-hybridized carbons (Fsp3) is 0.857. The van der Waals surface area contributed by atoms with Crippen molar-refractivity contribution in [3.63, 3.8) is 0 Å². The predicted molar refractivity (Wildman–Crippen MR) is 44.1 cm³/mol. The van der Waals surface area contributed by atoms with Crippen LogP contribution in [-0.2, 0) is 4.79 Å². The van der Waals surface area contributed by atoms with Crippen LogP contribution >= 0.6 is 11.8 Å². The molecule has 0 saturated carbocycles. The summed E-state index contributed by atoms with van der Waals surface area (Å²) in [4.78, 5) is 10.7. The van der Waals surface area contributed by atoms with E-state index in [-0.39, 0.29) is 11.8 Å². The summed E-state index contributed by atoms with van der Waals surface area (Å²) in [5, 5.41) is 0. The number of hydrogen-bond donors (Lipinski definition) is 1. The largest absolute Gasteiger partial charge is 0.327 e. The SMILES string of the molecule is CC(=O)CC1CSCC1N. The van der Waals surface area contributed by atoms with Crippen LogP contribution in [0.4, 0.5) is 0 Å². The van der Waals surface area contributed by atoms with E-state index in [1.54, 1.807) is 6.92 Å². The first-order chi connectivity index (χ1) is 4.70. The van der Waals surface area contributed by atoms with Crippen molar-refractivity contribution in [1.29, 1.82) is 0 Å². The molecule has 0 aromatic heterocycles. The van der Waals surface area contributed by atoms with Crippen LogP contribution in [0.2, 0.25) is 0 Å². The van der Waals surface area contributed by atoms with E-state index in [9.17, 15) is 4.79 Å². The number of nitrogens with two attached hydrogens (primary N) is 1. The molecule has 1 rings (SSSR count). The Balaban J connectivity index is 2.33. The molecular weight excluding hydrogens is 146 g/mol. The predicted octanol–water partition coefficient (Wildman–Crippen LogP) is 0.656. The Morgan fingerprint density at radius 2 is 2.40 bits per heavy atom. The van der Waals surface area contributed by atoms with Gasteiger partial charge < -0.3 is 10.5 Å². The highest BCUT2D eigenvalue weighted by molar-refractivity contribution is 7.99. The van der Waals surface area contributed by atoms with Crippen LogP contribution in [0.3, 0.4) is 0 Å². The van der Waals surface area contributed by atoms with E-state index >= 15 is 0 Å². The average Bonchev–Trinajstić information content (AvgIpc) is 2.15. The summed E-state index contributed by atoms with van der Waals surface area (Å²) >= 11 is 1.86. The molecule has 0 aliphatic carbocycles. The molecule has 2 atom stereocenters. The van der Waals surface area contributed by atoms with Crippen LogP contribution in [-0.4, -0.2) is 23.3 Å². The van der Waals surface area contributed by atoms with Gasteiger partial charge in [0.2, 0.25) is 0 Å². The van der Waals surface area contributed by atoms with Gasteiger partial charge in [-0.2, -0.15) is 11.8 Å². The Morgan fingerprint density at radius 1 is 1.70 bits per heavy atom. The van der Waals surface area contributed by atoms with Crippen LogP contribution < -0.4 is 5.73 Å². The highest BCUT2D eigenvalue weighted by Gasteiger charge is 2.24. The minimum absolute atomic E-state index is 0.258. The van der Waals surface area contributed by atoms with Crippen LogP contribution in [0.15, 0.2) is 0 Å². The molecule has 1 fully saturated rings. The van der Waals surface area contributed by atoms with Crippen LogP contribution in [0, 0.1) is 5.92 Å². The summed E-state index contributed by atoms with van der Waals surface area (Å²) < 4.78 is 0. The van der Waals surface area contributed by atoms with Crippen molar-refractivity contribution in [2.75, 3.05) is 11.5 Å². The van der Waals surface area contributed by atoms with Crippen molar-refractivity contribution in [3.8, 4) is 0 Å². The van der Waals surface area contributed by atoms with E-state index in [1.807, 2.05) is 11.8 Å². The minimum atomic E-state index is 0.258. The van der Waals surface area contributed by atoms with Gasteiger partial charge in [-0.3, -0.25) is 0 Å². The molecule has 1 aliphatic rings. The van der Waals surface area contributed by atoms with E-state index < -0.39 is 0 Å². The minimum Gasteiger partial charge on any atom is -0.327 e. The van der Waals surface area contributed by atoms with Gasteiger partial charge in [-0.05, 0) is 18.6 Å². The van der Waals surface area contributed by atoms with E-state index in [1.165, 1.54) is 0 Å². The van der Waals surface area contributed by atoms with E-state index in [0.29, 0.717) is 12.3 Å². The van der Waals surface area contributed by atoms with Gasteiger partial charge in [-0.15, -0.1) is 0 Å². The monoisotopic (exact) mass is 159 g/mol. The maximum atomic E-state index is 10.7. The lowest BCUT2D eigenvalue weighted by atomic mass is 9.99. The van der Waals surface area contributed by atoms with Crippen LogP contribution in [0.25, 0.3) is 0 Å². The number of hydrogen-bond acceptors (Lipinski definition) is 3. The molecule has 2 N–H and O–H groups in total. The second-order valence-electron chi connectivity index (χ2n) is 2.87. The molecule has 2 nitrogen and oxygen atoms in total. The average molecular weight is 159 g/mol. The number of carbonyl (C=O) groups is 1. The fourth-order valence-electron chi connectivity index (χ4n) is 1.19. The summed E-state index contributed by atoms with van der Waals surface area (Å²) in [6.45, 7) is 1.63. The number of ketones is 1. The zero-order chi connectivity index (χ0) is 7.56. The van der Waals surface area contributed by atoms with Crippen molar-refractivity contribution < 1.29 is 4.79 Å². The lowest BCUT2D eigenvalue weighted by Gasteiger charge is -2.10. The van der Waals surface area contributed by atoms with E-state index in [2.05, 4.69) is 0 Å². The Labute approximate surface area is 65.5 Å². The van der Waals surface area contributed by atoms with Gasteiger partial charge in [0, 0.05) is 18.2 Å². The summed E-state index contributed by atoms with van der Waals surface area (Å²) in [6.07, 6.45) is 0.675. The van der Waals surface area contributed by atoms with Gasteiger partial charge in [-0.1, -0.05) is 0 Å². The molecule has 3 heteroatoms. The summed E-state index contributed by atoms with van der Waals surface area (Å²) in [6, 6.07) is 0.258. The molecule has 0 aromatic carbocycles. The molecule has 1 heterocycles. The van der Waals surface area contributed by atoms with Crippen molar-refractivity contribution in [3.05, 3.63) is 0 Å². The van der Waals surface area contributed by atoms with Gasteiger partial charge in [-0.25, -0.2) is 0 Å². The van der Waals surface area contributed by atoms with Gasteiger partial charge >= 0.3 is 0 Å². The van der Waals surface area contributed by atoms with Crippen molar-refractivity contribution >= 4 is 17.5 Å². The van der Waals surface area contributed by atoms with Crippen LogP contribution in [0.5, 0.6) is 0 Å². The van der Waals surface area contributed by atoms with Crippen molar-refractivity contribution in [2.45, 2.75) is 19.4 Å². The molecule has 1 aliphatic heterocycles. The van der Waals surface area contributed by atoms with Gasteiger partial charge in [0.1, 0.15) is 5.78 Å². The fourth-order valence-corrected chi connectivity index (χ4v) is 2.54. The number of rotatable bonds is 2. The Morgan fingerprint density at radius 3 is 2.80 bits per heavy atom. The normalized spacial score (nSPS) is 32.6. The third kappa shape index (κ3) is 1.99. The van der Waals surface area contributed by atoms with Crippen molar-refractivity contribution in [2.24, 2.45) is 11.7 Å². The third-order valence-electron chi connectivity index (χ3n) is 1.80. The molecule has 0 spiro atoms. The molecule has 0 aromatic rings. The van der Waals surface area contributed by atoms with Crippen molar-refractivity contribution in [1.82, 2.24) is 0 Å². The summed E-state index contributed by atoms with van der Waals surface area (Å²) in [5.74, 6) is 2.81. The lowest BCUT2D eigenvalue weighted by molar-refractivity contribution is -0.117. The molecule has 0 bridgehead atoms. The highest BCUT2D eigenvalue weighted by atomic mass is 32.2. The van der Waals surface area contributed by atoms with Gasteiger partial charge in [0.25, 0.3) is 0 Å². The second-order valence-corrected chi connectivity index (χ2v) is 3.94. The maximum Gasteiger partial charge on any atom is 0.130 e. The number of thioether (sulfide) groups is 1. The maximum absolute atomic E-state index is 10.7. The zero-order valence-electron chi connectivity index (χ0n) is 6.17. The second kappa shape index (κ2) is 3.39. The topological polar surface area (TPSA) is 43.1 Å². The first kappa shape index (κ1) is 8.08. The first-order valence-electron chi connectivity index (χ1n) is 3.53. The molecule has 58 valence electrons. The lowest BCUT2D eigenvalue weighted by Crippen LogP contribution is -2.29. The first-order valence-corrected chi connectivity index (χ1v) is 4.68. The van der Waals surface area contributed by atoms with E-state index in [4.69, 9.17) is 5.73 Å². The quantitative estimate of drug-likeness (QED) is 0.643. The van der Waals surface area contributed by atoms with Gasteiger partial charge in [0.15, 0.2) is 0 Å². The smallest absolute Gasteiger partial charge is 0.130 e. The number of carbonyl (C=O) groups excluding carboxylic acids is 1. The Kier molecular flexibility index (Phi) is 2.74. The Bertz CT molecular complexity index is 138. The van der Waals surface area contributed by atoms with Crippen LogP contribution in [0.1, 0.15) is 13.3 Å². The molecule has 0 radical (unpaired) electrons. The molecular formula is C7H13NOS. The Hall–Kier alpha value is -0.0200. The zero-order valence-corrected chi connectivity index (χ0v) is 6.99. The summed E-state index contributed by atoms with van der Waals surface area (Å²) in [7, 11) is 0. The standard InChI is InChI=1S/C7H13NOS/c1-5(9)2-6-3-10-4-7(6)8/h6-7H,2-4,8H2,1H3.